The second-order valence-corrected chi connectivity index (χ2v) is 9.99. The molecule has 1 heterocycles. The molecular formula is C32H35F2NO7. The summed E-state index contributed by atoms with van der Waals surface area (Å²) in [5, 5.41) is 14.8. The van der Waals surface area contributed by atoms with Crippen molar-refractivity contribution in [2.24, 2.45) is 5.92 Å². The first kappa shape index (κ1) is 32.2. The average molecular weight is 584 g/mol. The number of ketones is 1. The highest BCUT2D eigenvalue weighted by Gasteiger charge is 2.29. The Morgan fingerprint density at radius 1 is 0.857 bits per heavy atom. The van der Waals surface area contributed by atoms with Crippen LogP contribution in [0, 0.1) is 17.6 Å². The maximum atomic E-state index is 13.6. The van der Waals surface area contributed by atoms with Crippen molar-refractivity contribution in [2.75, 3.05) is 33.4 Å². The lowest BCUT2D eigenvalue weighted by Crippen LogP contribution is -2.36. The average Bonchev–Trinajstić information content (AvgIpc) is 2.98. The molecule has 2 N–H and O–H groups in total. The summed E-state index contributed by atoms with van der Waals surface area (Å²) in [5.41, 5.74) is 2.74. The molecule has 1 fully saturated rings. The van der Waals surface area contributed by atoms with Crippen LogP contribution in [0.15, 0.2) is 66.7 Å². The Bertz CT molecular complexity index is 1280. The number of carboxylic acids is 2. The number of benzene rings is 3. The highest BCUT2D eigenvalue weighted by molar-refractivity contribution is 6.27. The van der Waals surface area contributed by atoms with E-state index in [0.717, 1.165) is 50.0 Å². The molecule has 0 aliphatic carbocycles. The largest absolute Gasteiger partial charge is 0.493 e. The number of Topliss-reactive ketones (excluding diaryl/α,β-unsaturated/α-hetero) is 1. The summed E-state index contributed by atoms with van der Waals surface area (Å²) in [5.74, 6) is -2.44. The number of carboxylic acid groups (broad SMARTS) is 2. The van der Waals surface area contributed by atoms with Crippen LogP contribution < -0.4 is 9.47 Å². The normalized spacial score (nSPS) is 13.6. The molecule has 10 heteroatoms. The van der Waals surface area contributed by atoms with Gasteiger partial charge in [0.1, 0.15) is 11.6 Å². The molecular weight excluding hydrogens is 548 g/mol. The molecule has 1 saturated heterocycles. The zero-order valence-corrected chi connectivity index (χ0v) is 23.6. The molecule has 42 heavy (non-hydrogen) atoms. The lowest BCUT2D eigenvalue weighted by molar-refractivity contribution is -0.159. The highest BCUT2D eigenvalue weighted by atomic mass is 19.1. The monoisotopic (exact) mass is 583 g/mol. The molecule has 0 radical (unpaired) electrons. The molecule has 0 unspecified atom stereocenters. The predicted molar refractivity (Wildman–Crippen MR) is 152 cm³/mol. The first-order valence-electron chi connectivity index (χ1n) is 13.6. The smallest absolute Gasteiger partial charge is 0.414 e. The summed E-state index contributed by atoms with van der Waals surface area (Å²) in [6, 6.07) is 18.7. The van der Waals surface area contributed by atoms with Crippen LogP contribution in [0.3, 0.4) is 0 Å². The summed E-state index contributed by atoms with van der Waals surface area (Å²) in [6.07, 6.45) is 2.91. The first-order valence-corrected chi connectivity index (χ1v) is 13.6. The van der Waals surface area contributed by atoms with Crippen LogP contribution in [-0.2, 0) is 9.59 Å². The van der Waals surface area contributed by atoms with Crippen LogP contribution in [-0.4, -0.2) is 66.2 Å². The Hall–Kier alpha value is -4.31. The Labute approximate surface area is 243 Å². The highest BCUT2D eigenvalue weighted by Crippen LogP contribution is 2.38. The third-order valence-electron chi connectivity index (χ3n) is 7.19. The number of rotatable bonds is 10. The number of methoxy groups -OCH3 is 1. The number of likely N-dealkylation sites (tertiary alicyclic amines) is 1. The molecule has 0 spiro atoms. The third kappa shape index (κ3) is 9.37. The predicted octanol–water partition coefficient (Wildman–Crippen LogP) is 5.64. The number of ether oxygens (including phenoxy) is 2. The molecule has 8 nitrogen and oxygen atoms in total. The van der Waals surface area contributed by atoms with Gasteiger partial charge in [-0.1, -0.05) is 24.3 Å². The molecule has 4 rings (SSSR count). The van der Waals surface area contributed by atoms with E-state index in [1.54, 1.807) is 25.3 Å². The maximum Gasteiger partial charge on any atom is 0.414 e. The number of aliphatic carboxylic acids is 2. The Kier molecular flexibility index (Phi) is 12.0. The van der Waals surface area contributed by atoms with Crippen molar-refractivity contribution in [1.29, 1.82) is 0 Å². The first-order chi connectivity index (χ1) is 20.1. The second kappa shape index (κ2) is 15.6. The van der Waals surface area contributed by atoms with Crippen molar-refractivity contribution in [3.05, 3.63) is 95.1 Å². The molecule has 3 aromatic carbocycles. The number of halogens is 2. The number of hydrogen-bond acceptors (Lipinski definition) is 6. The van der Waals surface area contributed by atoms with Gasteiger partial charge in [0.15, 0.2) is 17.3 Å². The topological polar surface area (TPSA) is 113 Å². The van der Waals surface area contributed by atoms with E-state index in [0.29, 0.717) is 29.6 Å². The standard InChI is InChI=1S/C30H33F2NO3.C2H2O4/c1-21(34)25-8-13-28(29(20-25)35-2)36-19-3-16-33-17-14-24(15-18-33)30(22-4-9-26(31)10-5-22)23-6-11-27(32)12-7-23;3-1(4)2(5)6/h4-13,20,24,30H,3,14-19H2,1-2H3;(H,3,4)(H,5,6). The van der Waals surface area contributed by atoms with E-state index in [4.69, 9.17) is 29.3 Å². The minimum Gasteiger partial charge on any atom is -0.493 e. The minimum atomic E-state index is -1.82. The number of hydrogen-bond donors (Lipinski definition) is 2. The zero-order valence-electron chi connectivity index (χ0n) is 23.6. The van der Waals surface area contributed by atoms with Gasteiger partial charge < -0.3 is 24.6 Å². The van der Waals surface area contributed by atoms with Crippen molar-refractivity contribution in [3.63, 3.8) is 0 Å². The van der Waals surface area contributed by atoms with Gasteiger partial charge in [-0.05, 0) is 98.8 Å². The van der Waals surface area contributed by atoms with Gasteiger partial charge in [0, 0.05) is 18.0 Å². The van der Waals surface area contributed by atoms with Crippen molar-refractivity contribution in [1.82, 2.24) is 4.90 Å². The van der Waals surface area contributed by atoms with Crippen molar-refractivity contribution in [2.45, 2.75) is 32.1 Å². The Morgan fingerprint density at radius 3 is 1.83 bits per heavy atom. The molecule has 0 bridgehead atoms. The van der Waals surface area contributed by atoms with E-state index in [-0.39, 0.29) is 23.3 Å². The van der Waals surface area contributed by atoms with E-state index in [9.17, 15) is 13.6 Å². The van der Waals surface area contributed by atoms with Crippen molar-refractivity contribution >= 4 is 17.7 Å². The van der Waals surface area contributed by atoms with Crippen molar-refractivity contribution < 1.29 is 42.9 Å². The zero-order chi connectivity index (χ0) is 30.6. The van der Waals surface area contributed by atoms with Gasteiger partial charge in [0.25, 0.3) is 0 Å². The lowest BCUT2D eigenvalue weighted by atomic mass is 9.76. The van der Waals surface area contributed by atoms with Gasteiger partial charge in [0.2, 0.25) is 0 Å². The van der Waals surface area contributed by atoms with E-state index >= 15 is 0 Å². The van der Waals surface area contributed by atoms with Gasteiger partial charge in [-0.15, -0.1) is 0 Å². The van der Waals surface area contributed by atoms with Gasteiger partial charge in [-0.25, -0.2) is 18.4 Å². The Balaban J connectivity index is 0.000000730. The van der Waals surface area contributed by atoms with Crippen LogP contribution in [0.5, 0.6) is 11.5 Å². The van der Waals surface area contributed by atoms with Gasteiger partial charge >= 0.3 is 11.9 Å². The van der Waals surface area contributed by atoms with Crippen LogP contribution in [0.4, 0.5) is 8.78 Å². The molecule has 0 aromatic heterocycles. The molecule has 1 aliphatic rings. The fourth-order valence-corrected chi connectivity index (χ4v) is 5.06. The number of carbonyl (C=O) groups excluding carboxylic acids is 1. The molecule has 224 valence electrons. The van der Waals surface area contributed by atoms with E-state index in [2.05, 4.69) is 4.90 Å². The molecule has 3 aromatic rings. The summed E-state index contributed by atoms with van der Waals surface area (Å²) < 4.78 is 38.4. The van der Waals surface area contributed by atoms with Crippen molar-refractivity contribution in [3.8, 4) is 11.5 Å². The lowest BCUT2D eigenvalue weighted by Gasteiger charge is -2.36. The minimum absolute atomic E-state index is 0.00986. The number of piperidine rings is 1. The van der Waals surface area contributed by atoms with Gasteiger partial charge in [-0.2, -0.15) is 0 Å². The van der Waals surface area contributed by atoms with Gasteiger partial charge in [-0.3, -0.25) is 4.79 Å². The fraction of sp³-hybridized carbons (Fsp3) is 0.344. The molecule has 1 aliphatic heterocycles. The number of nitrogens with zero attached hydrogens (tertiary/aromatic N) is 1. The molecule has 0 atom stereocenters. The van der Waals surface area contributed by atoms with E-state index in [1.165, 1.54) is 31.2 Å². The van der Waals surface area contributed by atoms with E-state index in [1.807, 2.05) is 24.3 Å². The second-order valence-electron chi connectivity index (χ2n) is 9.99. The Morgan fingerprint density at radius 2 is 1.38 bits per heavy atom. The van der Waals surface area contributed by atoms with Crippen LogP contribution in [0.25, 0.3) is 0 Å². The maximum absolute atomic E-state index is 13.6. The van der Waals surface area contributed by atoms with Crippen LogP contribution in [0.2, 0.25) is 0 Å². The fourth-order valence-electron chi connectivity index (χ4n) is 5.06. The SMILES string of the molecule is COc1cc(C(C)=O)ccc1OCCCN1CCC(C(c2ccc(F)cc2)c2ccc(F)cc2)CC1.O=C(O)C(=O)O. The summed E-state index contributed by atoms with van der Waals surface area (Å²) in [6.45, 7) is 4.96. The summed E-state index contributed by atoms with van der Waals surface area (Å²) in [4.78, 5) is 32.2. The quantitative estimate of drug-likeness (QED) is 0.179. The summed E-state index contributed by atoms with van der Waals surface area (Å²) in [7, 11) is 1.57. The summed E-state index contributed by atoms with van der Waals surface area (Å²) >= 11 is 0. The third-order valence-corrected chi connectivity index (χ3v) is 7.19. The molecule has 0 amide bonds. The van der Waals surface area contributed by atoms with Crippen LogP contribution >= 0.6 is 0 Å². The van der Waals surface area contributed by atoms with Crippen LogP contribution in [0.1, 0.15) is 53.6 Å². The molecule has 0 saturated carbocycles. The number of carbonyl (C=O) groups is 3. The van der Waals surface area contributed by atoms with E-state index < -0.39 is 11.9 Å². The van der Waals surface area contributed by atoms with Gasteiger partial charge in [0.05, 0.1) is 13.7 Å².